The lowest BCUT2D eigenvalue weighted by atomic mass is 10.1. The third kappa shape index (κ3) is 5.90. The molecule has 0 atom stereocenters. The van der Waals surface area contributed by atoms with E-state index in [0.29, 0.717) is 23.7 Å². The lowest BCUT2D eigenvalue weighted by Gasteiger charge is -2.12. The summed E-state index contributed by atoms with van der Waals surface area (Å²) < 4.78 is 34.5. The van der Waals surface area contributed by atoms with Crippen LogP contribution >= 0.6 is 11.3 Å². The second-order valence-electron chi connectivity index (χ2n) is 6.62. The number of hydrogen-bond acceptors (Lipinski definition) is 8. The maximum absolute atomic E-state index is 14.3. The molecule has 172 valence electrons. The van der Waals surface area contributed by atoms with E-state index >= 15 is 0 Å². The molecule has 0 fully saturated rings. The van der Waals surface area contributed by atoms with Gasteiger partial charge in [-0.3, -0.25) is 4.79 Å². The number of aliphatic hydroxyl groups is 1. The number of carbonyl (C=O) groups is 1. The zero-order valence-electron chi connectivity index (χ0n) is 17.3. The second kappa shape index (κ2) is 11.2. The smallest absolute Gasteiger partial charge is 0.204 e. The molecule has 8 nitrogen and oxygen atoms in total. The Balaban J connectivity index is 0.000000968. The van der Waals surface area contributed by atoms with Gasteiger partial charge in [-0.15, -0.1) is 11.3 Å². The van der Waals surface area contributed by atoms with Gasteiger partial charge in [0.05, 0.1) is 33.7 Å². The number of nitrogens with one attached hydrogen (secondary N) is 1. The number of carbonyl (C=O) groups excluding carboxylic acids is 1. The van der Waals surface area contributed by atoms with Gasteiger partial charge >= 0.3 is 0 Å². The summed E-state index contributed by atoms with van der Waals surface area (Å²) in [7, 11) is 0. The van der Waals surface area contributed by atoms with Gasteiger partial charge in [-0.25, -0.2) is 18.7 Å². The molecule has 0 aliphatic rings. The van der Waals surface area contributed by atoms with Crippen molar-refractivity contribution in [2.75, 3.05) is 24.3 Å². The molecule has 0 saturated heterocycles. The summed E-state index contributed by atoms with van der Waals surface area (Å²) in [5, 5.41) is 11.9. The van der Waals surface area contributed by atoms with E-state index in [1.165, 1.54) is 0 Å². The van der Waals surface area contributed by atoms with Crippen molar-refractivity contribution in [2.45, 2.75) is 6.54 Å². The molecule has 0 unspecified atom stereocenters. The number of ether oxygens (including phenoxy) is 1. The summed E-state index contributed by atoms with van der Waals surface area (Å²) in [5.41, 5.74) is 15.0. The first-order valence-corrected chi connectivity index (χ1v) is 10.6. The van der Waals surface area contributed by atoms with Gasteiger partial charge in [0.1, 0.15) is 12.4 Å². The number of hydrogen-bond donors (Lipinski definition) is 4. The minimum absolute atomic E-state index is 0.200. The van der Waals surface area contributed by atoms with Gasteiger partial charge < -0.3 is 26.6 Å². The van der Waals surface area contributed by atoms with Crippen LogP contribution in [0.4, 0.5) is 20.3 Å². The van der Waals surface area contributed by atoms with Crippen molar-refractivity contribution >= 4 is 39.5 Å². The number of thiazole rings is 1. The predicted molar refractivity (Wildman–Crippen MR) is 124 cm³/mol. The molecule has 11 heteroatoms. The highest BCUT2D eigenvalue weighted by Gasteiger charge is 2.15. The molecule has 1 amide bonds. The number of fused-ring (bicyclic) bond motifs is 1. The number of nitrogens with two attached hydrogens (primary N) is 2. The first-order chi connectivity index (χ1) is 16.0. The molecule has 4 rings (SSSR count). The van der Waals surface area contributed by atoms with Crippen LogP contribution in [0.1, 0.15) is 5.56 Å². The number of aromatic nitrogens is 2. The maximum Gasteiger partial charge on any atom is 0.204 e. The molecule has 2 aromatic carbocycles. The van der Waals surface area contributed by atoms with E-state index in [4.69, 9.17) is 20.4 Å². The fraction of sp³-hybridized carbons (Fsp3) is 0.136. The minimum atomic E-state index is -0.871. The Kier molecular flexibility index (Phi) is 8.06. The number of primary amides is 1. The van der Waals surface area contributed by atoms with Crippen LogP contribution in [0.15, 0.2) is 48.0 Å². The van der Waals surface area contributed by atoms with Crippen molar-refractivity contribution in [3.05, 3.63) is 65.2 Å². The molecule has 0 saturated carbocycles. The summed E-state index contributed by atoms with van der Waals surface area (Å²) in [6.07, 6.45) is 0.250. The van der Waals surface area contributed by atoms with Crippen LogP contribution < -0.4 is 21.5 Å². The van der Waals surface area contributed by atoms with Gasteiger partial charge in [0.2, 0.25) is 6.41 Å². The van der Waals surface area contributed by atoms with Crippen LogP contribution in [0, 0.1) is 11.6 Å². The highest BCUT2D eigenvalue weighted by atomic mass is 32.1. The third-order valence-corrected chi connectivity index (χ3v) is 5.21. The number of anilines is 2. The zero-order chi connectivity index (χ0) is 23.8. The molecule has 33 heavy (non-hydrogen) atoms. The van der Waals surface area contributed by atoms with Gasteiger partial charge in [-0.2, -0.15) is 0 Å². The van der Waals surface area contributed by atoms with E-state index in [9.17, 15) is 8.78 Å². The average Bonchev–Trinajstić information content (AvgIpc) is 3.26. The Morgan fingerprint density at radius 1 is 1.15 bits per heavy atom. The van der Waals surface area contributed by atoms with Gasteiger partial charge in [0.15, 0.2) is 17.4 Å². The summed E-state index contributed by atoms with van der Waals surface area (Å²) in [6.45, 7) is -0.0645. The van der Waals surface area contributed by atoms with E-state index in [2.05, 4.69) is 21.0 Å². The number of halogens is 2. The first-order valence-electron chi connectivity index (χ1n) is 9.67. The Hall–Kier alpha value is -3.83. The fourth-order valence-electron chi connectivity index (χ4n) is 2.96. The van der Waals surface area contributed by atoms with Crippen molar-refractivity contribution < 1.29 is 23.4 Å². The number of amides is 1. The van der Waals surface area contributed by atoms with Crippen molar-refractivity contribution in [1.29, 1.82) is 0 Å². The lowest BCUT2D eigenvalue weighted by Crippen LogP contribution is -2.06. The minimum Gasteiger partial charge on any atom is -0.485 e. The molecule has 2 heterocycles. The van der Waals surface area contributed by atoms with Crippen molar-refractivity contribution in [3.8, 4) is 17.0 Å². The SMILES string of the molecule is NC=O.Nc1ccc(-c2cc(F)c(OCCO)c(F)c2)nc1NCc1ccc2ncsc2c1. The van der Waals surface area contributed by atoms with E-state index in [0.717, 1.165) is 27.9 Å². The van der Waals surface area contributed by atoms with Crippen LogP contribution in [0.2, 0.25) is 0 Å². The number of aliphatic hydroxyl groups excluding tert-OH is 1. The molecule has 0 aliphatic carbocycles. The molecule has 6 N–H and O–H groups in total. The Labute approximate surface area is 191 Å². The number of benzene rings is 2. The zero-order valence-corrected chi connectivity index (χ0v) is 18.1. The van der Waals surface area contributed by atoms with Crippen molar-refractivity contribution in [3.63, 3.8) is 0 Å². The number of pyridine rings is 1. The van der Waals surface area contributed by atoms with Crippen LogP contribution in [0.3, 0.4) is 0 Å². The molecule has 0 bridgehead atoms. The Morgan fingerprint density at radius 3 is 2.58 bits per heavy atom. The molecule has 0 radical (unpaired) electrons. The van der Waals surface area contributed by atoms with Gasteiger partial charge in [-0.05, 0) is 42.0 Å². The molecular weight excluding hydrogens is 452 g/mol. The number of nitrogens with zero attached hydrogens (tertiary/aromatic N) is 2. The fourth-order valence-corrected chi connectivity index (χ4v) is 3.70. The second-order valence-corrected chi connectivity index (χ2v) is 7.51. The number of rotatable bonds is 7. The van der Waals surface area contributed by atoms with E-state index < -0.39 is 17.4 Å². The standard InChI is InChI=1S/C21H18F2N4O2S.CH3NO/c22-14-8-13(9-15(23)20(14)29-6-5-28)17-4-2-16(24)21(27-17)25-10-12-1-3-18-19(7-12)30-11-26-18;2-1-3/h1-4,7-9,11,28H,5-6,10,24H2,(H,25,27);1H,(H2,2,3). The van der Waals surface area contributed by atoms with Crippen molar-refractivity contribution in [2.24, 2.45) is 5.73 Å². The van der Waals surface area contributed by atoms with E-state index in [1.807, 2.05) is 18.2 Å². The summed E-state index contributed by atoms with van der Waals surface area (Å²) in [4.78, 5) is 17.3. The monoisotopic (exact) mass is 473 g/mol. The van der Waals surface area contributed by atoms with E-state index in [-0.39, 0.29) is 25.2 Å². The maximum atomic E-state index is 14.3. The summed E-state index contributed by atoms with van der Waals surface area (Å²) in [6, 6.07) is 11.4. The topological polar surface area (TPSA) is 136 Å². The highest BCUT2D eigenvalue weighted by molar-refractivity contribution is 7.16. The van der Waals surface area contributed by atoms with Gasteiger partial charge in [0, 0.05) is 12.1 Å². The Morgan fingerprint density at radius 2 is 1.88 bits per heavy atom. The molecule has 0 spiro atoms. The van der Waals surface area contributed by atoms with Crippen molar-refractivity contribution in [1.82, 2.24) is 9.97 Å². The third-order valence-electron chi connectivity index (χ3n) is 4.41. The summed E-state index contributed by atoms with van der Waals surface area (Å²) >= 11 is 1.56. The lowest BCUT2D eigenvalue weighted by molar-refractivity contribution is -0.106. The predicted octanol–water partition coefficient (Wildman–Crippen LogP) is 3.30. The normalized spacial score (nSPS) is 10.4. The Bertz CT molecular complexity index is 1230. The molecule has 4 aromatic rings. The van der Waals surface area contributed by atoms with Crippen LogP contribution in [-0.4, -0.2) is 34.7 Å². The van der Waals surface area contributed by atoms with Crippen LogP contribution in [-0.2, 0) is 11.3 Å². The van der Waals surface area contributed by atoms with Gasteiger partial charge in [0.25, 0.3) is 0 Å². The average molecular weight is 474 g/mol. The molecule has 2 aromatic heterocycles. The van der Waals surface area contributed by atoms with E-state index in [1.54, 1.807) is 29.0 Å². The molecular formula is C22H21F2N5O3S. The number of nitrogen functional groups attached to an aromatic ring is 1. The summed E-state index contributed by atoms with van der Waals surface area (Å²) in [5.74, 6) is -1.85. The van der Waals surface area contributed by atoms with Crippen LogP contribution in [0.5, 0.6) is 5.75 Å². The quantitative estimate of drug-likeness (QED) is 0.302. The first kappa shape index (κ1) is 23.8. The van der Waals surface area contributed by atoms with Crippen LogP contribution in [0.25, 0.3) is 21.5 Å². The molecule has 0 aliphatic heterocycles. The highest BCUT2D eigenvalue weighted by Crippen LogP contribution is 2.30. The van der Waals surface area contributed by atoms with Gasteiger partial charge in [-0.1, -0.05) is 6.07 Å². The largest absolute Gasteiger partial charge is 0.485 e.